The van der Waals surface area contributed by atoms with Crippen LogP contribution < -0.4 is 4.90 Å². The maximum Gasteiger partial charge on any atom is 0.123 e. The van der Waals surface area contributed by atoms with E-state index in [1.165, 1.54) is 12.1 Å². The molecule has 0 heterocycles. The van der Waals surface area contributed by atoms with Gasteiger partial charge in [-0.2, -0.15) is 0 Å². The number of rotatable bonds is 4. The maximum atomic E-state index is 13.0. The Balaban J connectivity index is 2.39. The van der Waals surface area contributed by atoms with E-state index >= 15 is 0 Å². The number of benzene rings is 2. The summed E-state index contributed by atoms with van der Waals surface area (Å²) in [5, 5.41) is 9.61. The minimum atomic E-state index is -0.499. The summed E-state index contributed by atoms with van der Waals surface area (Å²) in [6, 6.07) is 12.2. The number of aliphatic hydroxyl groups is 1. The van der Waals surface area contributed by atoms with Gasteiger partial charge in [0.25, 0.3) is 0 Å². The van der Waals surface area contributed by atoms with Crippen LogP contribution in [0.4, 0.5) is 15.8 Å². The van der Waals surface area contributed by atoms with Crippen LogP contribution in [0.5, 0.6) is 0 Å². The van der Waals surface area contributed by atoms with Crippen LogP contribution in [0.2, 0.25) is 0 Å². The number of halogens is 2. The molecule has 0 amide bonds. The minimum Gasteiger partial charge on any atom is -0.389 e. The van der Waals surface area contributed by atoms with Crippen molar-refractivity contribution in [2.45, 2.75) is 20.0 Å². The fraction of sp³-hybridized carbons (Fsp3) is 0.250. The zero-order valence-electron chi connectivity index (χ0n) is 11.5. The van der Waals surface area contributed by atoms with E-state index < -0.39 is 6.10 Å². The maximum absolute atomic E-state index is 13.0. The van der Waals surface area contributed by atoms with Crippen molar-refractivity contribution in [3.8, 4) is 0 Å². The van der Waals surface area contributed by atoms with E-state index in [4.69, 9.17) is 0 Å². The van der Waals surface area contributed by atoms with Crippen molar-refractivity contribution in [2.75, 3.05) is 11.4 Å². The van der Waals surface area contributed by atoms with Crippen molar-refractivity contribution in [3.05, 3.63) is 58.3 Å². The Morgan fingerprint density at radius 3 is 2.35 bits per heavy atom. The van der Waals surface area contributed by atoms with Gasteiger partial charge in [-0.1, -0.05) is 6.07 Å². The predicted molar refractivity (Wildman–Crippen MR) is 83.9 cm³/mol. The summed E-state index contributed by atoms with van der Waals surface area (Å²) in [6.07, 6.45) is -0.499. The molecule has 4 heteroatoms. The first kappa shape index (κ1) is 15.0. The van der Waals surface area contributed by atoms with Gasteiger partial charge < -0.3 is 10.0 Å². The summed E-state index contributed by atoms with van der Waals surface area (Å²) < 4.78 is 13.9. The Labute approximate surface area is 127 Å². The van der Waals surface area contributed by atoms with E-state index in [0.717, 1.165) is 28.0 Å². The highest BCUT2D eigenvalue weighted by molar-refractivity contribution is 9.10. The van der Waals surface area contributed by atoms with Crippen LogP contribution in [0, 0.1) is 5.82 Å². The molecule has 0 aliphatic heterocycles. The fourth-order valence-electron chi connectivity index (χ4n) is 2.11. The van der Waals surface area contributed by atoms with Crippen LogP contribution in [0.1, 0.15) is 25.5 Å². The zero-order valence-corrected chi connectivity index (χ0v) is 13.1. The average Bonchev–Trinajstić information content (AvgIpc) is 2.43. The smallest absolute Gasteiger partial charge is 0.123 e. The molecule has 0 saturated heterocycles. The molecule has 2 rings (SSSR count). The highest BCUT2D eigenvalue weighted by atomic mass is 79.9. The number of hydrogen-bond acceptors (Lipinski definition) is 2. The van der Waals surface area contributed by atoms with Crippen LogP contribution in [0.3, 0.4) is 0 Å². The van der Waals surface area contributed by atoms with Gasteiger partial charge in [0.15, 0.2) is 0 Å². The molecule has 0 spiro atoms. The first-order valence-corrected chi connectivity index (χ1v) is 7.33. The van der Waals surface area contributed by atoms with Gasteiger partial charge in [0.05, 0.1) is 11.8 Å². The molecule has 2 aromatic carbocycles. The molecule has 0 aliphatic carbocycles. The first-order valence-electron chi connectivity index (χ1n) is 6.53. The van der Waals surface area contributed by atoms with Crippen molar-refractivity contribution in [2.24, 2.45) is 0 Å². The van der Waals surface area contributed by atoms with E-state index in [0.29, 0.717) is 0 Å². The Morgan fingerprint density at radius 2 is 1.85 bits per heavy atom. The van der Waals surface area contributed by atoms with Crippen LogP contribution in [-0.4, -0.2) is 11.7 Å². The van der Waals surface area contributed by atoms with Crippen LogP contribution in [0.15, 0.2) is 46.9 Å². The third-order valence-electron chi connectivity index (χ3n) is 3.20. The van der Waals surface area contributed by atoms with Gasteiger partial charge in [0, 0.05) is 16.7 Å². The van der Waals surface area contributed by atoms with Crippen molar-refractivity contribution < 1.29 is 9.50 Å². The second-order valence-corrected chi connectivity index (χ2v) is 5.46. The van der Waals surface area contributed by atoms with Gasteiger partial charge in [-0.05, 0) is 71.7 Å². The lowest BCUT2D eigenvalue weighted by atomic mass is 10.1. The van der Waals surface area contributed by atoms with Crippen molar-refractivity contribution in [1.82, 2.24) is 0 Å². The summed E-state index contributed by atoms with van der Waals surface area (Å²) in [4.78, 5) is 2.08. The second kappa shape index (κ2) is 6.37. The van der Waals surface area contributed by atoms with Gasteiger partial charge in [0.2, 0.25) is 0 Å². The quantitative estimate of drug-likeness (QED) is 0.866. The van der Waals surface area contributed by atoms with Gasteiger partial charge in [-0.25, -0.2) is 4.39 Å². The highest BCUT2D eigenvalue weighted by Crippen LogP contribution is 2.33. The Kier molecular flexibility index (Phi) is 4.78. The lowest BCUT2D eigenvalue weighted by molar-refractivity contribution is 0.199. The van der Waals surface area contributed by atoms with Crippen molar-refractivity contribution in [3.63, 3.8) is 0 Å². The predicted octanol–water partition coefficient (Wildman–Crippen LogP) is 4.80. The zero-order chi connectivity index (χ0) is 14.7. The SMILES string of the molecule is CCN(c1ccc(F)cc1)c1ccc(C(C)O)cc1Br. The minimum absolute atomic E-state index is 0.242. The van der Waals surface area contributed by atoms with Gasteiger partial charge in [-0.15, -0.1) is 0 Å². The van der Waals surface area contributed by atoms with Gasteiger partial charge in [0.1, 0.15) is 5.82 Å². The summed E-state index contributed by atoms with van der Waals surface area (Å²) in [5.74, 6) is -0.242. The monoisotopic (exact) mass is 337 g/mol. The molecule has 0 bridgehead atoms. The number of nitrogens with zero attached hydrogens (tertiary/aromatic N) is 1. The Morgan fingerprint density at radius 1 is 1.20 bits per heavy atom. The normalized spacial score (nSPS) is 12.2. The summed E-state index contributed by atoms with van der Waals surface area (Å²) >= 11 is 3.54. The molecule has 0 saturated carbocycles. The van der Waals surface area contributed by atoms with Crippen molar-refractivity contribution >= 4 is 27.3 Å². The molecular formula is C16H17BrFNO. The summed E-state index contributed by atoms with van der Waals surface area (Å²) in [6.45, 7) is 4.54. The van der Waals surface area contributed by atoms with E-state index in [9.17, 15) is 9.50 Å². The third kappa shape index (κ3) is 3.19. The molecule has 2 aromatic rings. The molecule has 0 aliphatic rings. The molecule has 0 aromatic heterocycles. The summed E-state index contributed by atoms with van der Waals surface area (Å²) in [5.41, 5.74) is 2.78. The lowest BCUT2D eigenvalue weighted by Crippen LogP contribution is -2.16. The van der Waals surface area contributed by atoms with Crippen molar-refractivity contribution in [1.29, 1.82) is 0 Å². The molecular weight excluding hydrogens is 321 g/mol. The Hall–Kier alpha value is -1.39. The highest BCUT2D eigenvalue weighted by Gasteiger charge is 2.12. The van der Waals surface area contributed by atoms with E-state index in [1.54, 1.807) is 19.1 Å². The number of aliphatic hydroxyl groups excluding tert-OH is 1. The van der Waals surface area contributed by atoms with Gasteiger partial charge in [-0.3, -0.25) is 0 Å². The largest absolute Gasteiger partial charge is 0.389 e. The van der Waals surface area contributed by atoms with Crippen LogP contribution in [-0.2, 0) is 0 Å². The Bertz CT molecular complexity index is 584. The number of hydrogen-bond donors (Lipinski definition) is 1. The molecule has 1 unspecified atom stereocenters. The molecule has 0 fully saturated rings. The molecule has 1 atom stereocenters. The fourth-order valence-corrected chi connectivity index (χ4v) is 2.73. The van der Waals surface area contributed by atoms with Crippen LogP contribution in [0.25, 0.3) is 0 Å². The van der Waals surface area contributed by atoms with Crippen LogP contribution >= 0.6 is 15.9 Å². The first-order chi connectivity index (χ1) is 9.52. The van der Waals surface area contributed by atoms with E-state index in [1.807, 2.05) is 25.1 Å². The topological polar surface area (TPSA) is 23.5 Å². The molecule has 106 valence electrons. The molecule has 1 N–H and O–H groups in total. The molecule has 20 heavy (non-hydrogen) atoms. The van der Waals surface area contributed by atoms with E-state index in [2.05, 4.69) is 20.8 Å². The molecule has 0 radical (unpaired) electrons. The molecule has 2 nitrogen and oxygen atoms in total. The van der Waals surface area contributed by atoms with E-state index in [-0.39, 0.29) is 5.82 Å². The standard InChI is InChI=1S/C16H17BrFNO/c1-3-19(14-7-5-13(18)6-8-14)16-9-4-12(11(2)20)10-15(16)17/h4-11,20H,3H2,1-2H3. The van der Waals surface area contributed by atoms with Gasteiger partial charge >= 0.3 is 0 Å². The third-order valence-corrected chi connectivity index (χ3v) is 3.83. The summed E-state index contributed by atoms with van der Waals surface area (Å²) in [7, 11) is 0. The lowest BCUT2D eigenvalue weighted by Gasteiger charge is -2.25. The number of anilines is 2. The second-order valence-electron chi connectivity index (χ2n) is 4.61. The average molecular weight is 338 g/mol.